The molecule has 0 aromatic heterocycles. The number of nitriles is 1. The fourth-order valence-corrected chi connectivity index (χ4v) is 2.73. The van der Waals surface area contributed by atoms with Crippen molar-refractivity contribution in [2.45, 2.75) is 38.5 Å². The Balaban J connectivity index is 2.54. The Bertz CT molecular complexity index is 439. The molecule has 1 aliphatic rings. The van der Waals surface area contributed by atoms with E-state index in [4.69, 9.17) is 0 Å². The Morgan fingerprint density at radius 3 is 2.40 bits per heavy atom. The molecule has 0 amide bonds. The van der Waals surface area contributed by atoms with Crippen molar-refractivity contribution in [3.63, 3.8) is 0 Å². The third-order valence-electron chi connectivity index (χ3n) is 3.44. The molecule has 1 nitrogen and oxygen atoms in total. The van der Waals surface area contributed by atoms with Crippen LogP contribution in [0.2, 0.25) is 0 Å². The molecule has 1 saturated carbocycles. The van der Waals surface area contributed by atoms with Crippen molar-refractivity contribution in [3.05, 3.63) is 33.3 Å². The first-order valence-corrected chi connectivity index (χ1v) is 6.07. The molecule has 1 fully saturated rings. The highest BCUT2D eigenvalue weighted by Gasteiger charge is 2.40. The highest BCUT2D eigenvalue weighted by Crippen LogP contribution is 2.45. The molecule has 0 bridgehead atoms. The topological polar surface area (TPSA) is 23.8 Å². The van der Waals surface area contributed by atoms with Gasteiger partial charge in [0.2, 0.25) is 0 Å². The molecule has 1 aromatic carbocycles. The Morgan fingerprint density at radius 2 is 1.93 bits per heavy atom. The van der Waals surface area contributed by atoms with Gasteiger partial charge >= 0.3 is 0 Å². The summed E-state index contributed by atoms with van der Waals surface area (Å²) in [7, 11) is 0. The van der Waals surface area contributed by atoms with E-state index in [1.165, 1.54) is 23.1 Å². The second-order valence-corrected chi connectivity index (χ2v) is 5.32. The van der Waals surface area contributed by atoms with Crippen molar-refractivity contribution in [3.8, 4) is 6.07 Å². The summed E-state index contributed by atoms with van der Waals surface area (Å²) in [6.45, 7) is 4.17. The van der Waals surface area contributed by atoms with Crippen molar-refractivity contribution >= 4 is 15.9 Å². The molecule has 78 valence electrons. The van der Waals surface area contributed by atoms with E-state index in [1.54, 1.807) is 0 Å². The van der Waals surface area contributed by atoms with Crippen LogP contribution in [-0.2, 0) is 5.41 Å². The van der Waals surface area contributed by atoms with E-state index in [0.29, 0.717) is 0 Å². The molecule has 0 heterocycles. The lowest BCUT2D eigenvalue weighted by atomic mass is 9.64. The van der Waals surface area contributed by atoms with Gasteiger partial charge in [0.15, 0.2) is 0 Å². The first-order chi connectivity index (χ1) is 7.09. The van der Waals surface area contributed by atoms with E-state index in [1.807, 2.05) is 0 Å². The number of hydrogen-bond donors (Lipinski definition) is 0. The van der Waals surface area contributed by atoms with Gasteiger partial charge in [-0.25, -0.2) is 0 Å². The number of benzene rings is 1. The molecule has 0 N–H and O–H groups in total. The van der Waals surface area contributed by atoms with Crippen molar-refractivity contribution in [2.75, 3.05) is 0 Å². The minimum atomic E-state index is -0.185. The van der Waals surface area contributed by atoms with E-state index in [0.717, 1.165) is 17.3 Å². The van der Waals surface area contributed by atoms with Gasteiger partial charge < -0.3 is 0 Å². The number of halogens is 1. The van der Waals surface area contributed by atoms with Crippen LogP contribution in [0.4, 0.5) is 0 Å². The lowest BCUT2D eigenvalue weighted by Crippen LogP contribution is -2.33. The normalized spacial score (nSPS) is 18.0. The quantitative estimate of drug-likeness (QED) is 0.751. The summed E-state index contributed by atoms with van der Waals surface area (Å²) in [4.78, 5) is 0. The van der Waals surface area contributed by atoms with Crippen LogP contribution in [0.5, 0.6) is 0 Å². The molecular weight excluding hydrogens is 250 g/mol. The zero-order chi connectivity index (χ0) is 11.1. The van der Waals surface area contributed by atoms with Crippen LogP contribution in [0, 0.1) is 25.2 Å². The zero-order valence-electron chi connectivity index (χ0n) is 9.10. The van der Waals surface area contributed by atoms with Crippen LogP contribution in [0.1, 0.15) is 36.0 Å². The Kier molecular flexibility index (Phi) is 2.60. The van der Waals surface area contributed by atoms with Gasteiger partial charge in [-0.15, -0.1) is 0 Å². The fourth-order valence-electron chi connectivity index (χ4n) is 2.27. The molecule has 1 aliphatic carbocycles. The molecule has 0 saturated heterocycles. The second-order valence-electron chi connectivity index (χ2n) is 4.46. The molecule has 0 atom stereocenters. The monoisotopic (exact) mass is 263 g/mol. The summed E-state index contributed by atoms with van der Waals surface area (Å²) in [5.74, 6) is 0. The molecule has 2 rings (SSSR count). The molecule has 0 unspecified atom stereocenters. The molecular formula is C13H14BrN. The van der Waals surface area contributed by atoms with E-state index >= 15 is 0 Å². The van der Waals surface area contributed by atoms with Crippen LogP contribution in [0.3, 0.4) is 0 Å². The van der Waals surface area contributed by atoms with Crippen molar-refractivity contribution in [2.24, 2.45) is 0 Å². The van der Waals surface area contributed by atoms with Gasteiger partial charge in [0.05, 0.1) is 11.5 Å². The molecule has 0 radical (unpaired) electrons. The average molecular weight is 264 g/mol. The maximum absolute atomic E-state index is 9.31. The zero-order valence-corrected chi connectivity index (χ0v) is 10.7. The summed E-state index contributed by atoms with van der Waals surface area (Å²) in [6.07, 6.45) is 3.22. The van der Waals surface area contributed by atoms with Crippen molar-refractivity contribution in [1.29, 1.82) is 5.26 Å². The summed E-state index contributed by atoms with van der Waals surface area (Å²) in [5, 5.41) is 9.31. The number of rotatable bonds is 1. The van der Waals surface area contributed by atoms with Gasteiger partial charge in [-0.1, -0.05) is 22.0 Å². The smallest absolute Gasteiger partial charge is 0.0825 e. The van der Waals surface area contributed by atoms with E-state index in [-0.39, 0.29) is 5.41 Å². The minimum absolute atomic E-state index is 0.185. The van der Waals surface area contributed by atoms with Gasteiger partial charge in [-0.2, -0.15) is 5.26 Å². The Morgan fingerprint density at radius 1 is 1.27 bits per heavy atom. The third-order valence-corrected chi connectivity index (χ3v) is 4.30. The predicted octanol–water partition coefficient (Wildman–Crippen LogP) is 4.01. The molecule has 0 spiro atoms. The van der Waals surface area contributed by atoms with E-state index in [9.17, 15) is 5.26 Å². The first kappa shape index (κ1) is 10.7. The van der Waals surface area contributed by atoms with Gasteiger partial charge in [0.25, 0.3) is 0 Å². The molecule has 1 aromatic rings. The maximum Gasteiger partial charge on any atom is 0.0825 e. The summed E-state index contributed by atoms with van der Waals surface area (Å²) < 4.78 is 1.14. The summed E-state index contributed by atoms with van der Waals surface area (Å²) in [5.41, 5.74) is 3.50. The third kappa shape index (κ3) is 1.59. The van der Waals surface area contributed by atoms with Crippen LogP contribution >= 0.6 is 15.9 Å². The van der Waals surface area contributed by atoms with Crippen LogP contribution < -0.4 is 0 Å². The molecule has 0 aliphatic heterocycles. The average Bonchev–Trinajstić information content (AvgIpc) is 2.12. The summed E-state index contributed by atoms with van der Waals surface area (Å²) >= 11 is 3.53. The molecule has 2 heteroatoms. The van der Waals surface area contributed by atoms with Crippen LogP contribution in [-0.4, -0.2) is 0 Å². The van der Waals surface area contributed by atoms with Crippen molar-refractivity contribution in [1.82, 2.24) is 0 Å². The maximum atomic E-state index is 9.31. The fraction of sp³-hybridized carbons (Fsp3) is 0.462. The number of hydrogen-bond acceptors (Lipinski definition) is 1. The minimum Gasteiger partial charge on any atom is -0.197 e. The highest BCUT2D eigenvalue weighted by atomic mass is 79.9. The second kappa shape index (κ2) is 3.64. The van der Waals surface area contributed by atoms with E-state index in [2.05, 4.69) is 48.0 Å². The predicted molar refractivity (Wildman–Crippen MR) is 64.8 cm³/mol. The first-order valence-electron chi connectivity index (χ1n) is 5.27. The largest absolute Gasteiger partial charge is 0.197 e. The number of aryl methyl sites for hydroxylation is 2. The Hall–Kier alpha value is -0.810. The lowest BCUT2D eigenvalue weighted by Gasteiger charge is -2.37. The highest BCUT2D eigenvalue weighted by molar-refractivity contribution is 9.10. The van der Waals surface area contributed by atoms with Gasteiger partial charge in [0, 0.05) is 4.47 Å². The lowest BCUT2D eigenvalue weighted by molar-refractivity contribution is 0.322. The number of nitrogens with zero attached hydrogens (tertiary/aromatic N) is 1. The van der Waals surface area contributed by atoms with E-state index < -0.39 is 0 Å². The Labute approximate surface area is 99.2 Å². The van der Waals surface area contributed by atoms with Gasteiger partial charge in [-0.05, 0) is 55.9 Å². The SMILES string of the molecule is Cc1cc(C2(C#N)CCC2)c(C)cc1Br. The standard InChI is InChI=1S/C13H14BrN/c1-9-7-12(14)10(2)6-11(9)13(8-15)4-3-5-13/h6-7H,3-5H2,1-2H3. The van der Waals surface area contributed by atoms with Gasteiger partial charge in [0.1, 0.15) is 0 Å². The van der Waals surface area contributed by atoms with Crippen molar-refractivity contribution < 1.29 is 0 Å². The van der Waals surface area contributed by atoms with Crippen LogP contribution in [0.25, 0.3) is 0 Å². The summed E-state index contributed by atoms with van der Waals surface area (Å²) in [6, 6.07) is 6.80. The van der Waals surface area contributed by atoms with Crippen LogP contribution in [0.15, 0.2) is 16.6 Å². The molecule has 15 heavy (non-hydrogen) atoms. The van der Waals surface area contributed by atoms with Gasteiger partial charge in [-0.3, -0.25) is 0 Å².